The first-order valence-electron chi connectivity index (χ1n) is 4.19. The van der Waals surface area contributed by atoms with Crippen molar-refractivity contribution < 1.29 is 18.1 Å². The Morgan fingerprint density at radius 3 is 3.00 bits per heavy atom. The maximum absolute atomic E-state index is 4.16. The number of fused-ring (bicyclic) bond motifs is 1. The van der Waals surface area contributed by atoms with E-state index in [1.54, 1.807) is 4.88 Å². The Balaban J connectivity index is 0.000000720. The van der Waals surface area contributed by atoms with Crippen LogP contribution in [0.15, 0.2) is 6.07 Å². The molecule has 0 fully saturated rings. The highest BCUT2D eigenvalue weighted by Crippen LogP contribution is 2.32. The van der Waals surface area contributed by atoms with Crippen LogP contribution in [-0.2, 0) is 6.42 Å². The Morgan fingerprint density at radius 1 is 1.58 bits per heavy atom. The molecule has 1 nitrogen and oxygen atoms in total. The molecule has 0 saturated carbocycles. The van der Waals surface area contributed by atoms with Crippen molar-refractivity contribution in [1.82, 2.24) is 0 Å². The Morgan fingerprint density at radius 2 is 2.33 bits per heavy atom. The molecule has 12 heavy (non-hydrogen) atoms. The van der Waals surface area contributed by atoms with Crippen LogP contribution >= 0.6 is 11.3 Å². The normalized spacial score (nSPS) is 21.3. The highest BCUT2D eigenvalue weighted by molar-refractivity contribution is 7.12. The summed E-state index contributed by atoms with van der Waals surface area (Å²) in [7, 11) is 0. The van der Waals surface area contributed by atoms with E-state index in [-0.39, 0.29) is 12.4 Å². The molecule has 0 aliphatic heterocycles. The molecule has 3 N–H and O–H groups in total. The summed E-state index contributed by atoms with van der Waals surface area (Å²) in [5, 5.41) is 0. The second-order valence-corrected chi connectivity index (χ2v) is 4.67. The topological polar surface area (TPSA) is 27.6 Å². The van der Waals surface area contributed by atoms with Crippen molar-refractivity contribution in [3.05, 3.63) is 21.4 Å². The summed E-state index contributed by atoms with van der Waals surface area (Å²) in [6.45, 7) is 2.19. The summed E-state index contributed by atoms with van der Waals surface area (Å²) < 4.78 is 0. The van der Waals surface area contributed by atoms with E-state index in [9.17, 15) is 0 Å². The van der Waals surface area contributed by atoms with Crippen LogP contribution < -0.4 is 18.1 Å². The fourth-order valence-electron chi connectivity index (χ4n) is 1.79. The van der Waals surface area contributed by atoms with E-state index in [4.69, 9.17) is 0 Å². The lowest BCUT2D eigenvalue weighted by Crippen LogP contribution is -3.00. The van der Waals surface area contributed by atoms with Crippen LogP contribution in [0.4, 0.5) is 0 Å². The van der Waals surface area contributed by atoms with Gasteiger partial charge in [-0.05, 0) is 25.8 Å². The maximum atomic E-state index is 4.16. The van der Waals surface area contributed by atoms with Crippen LogP contribution in [0.1, 0.15) is 34.2 Å². The minimum Gasteiger partial charge on any atom is -1.00 e. The molecular formula is C9H14ClNS. The van der Waals surface area contributed by atoms with Gasteiger partial charge in [0, 0.05) is 21.7 Å². The molecule has 68 valence electrons. The predicted octanol–water partition coefficient (Wildman–Crippen LogP) is -1.32. The van der Waals surface area contributed by atoms with Gasteiger partial charge in [0.2, 0.25) is 0 Å². The number of hydrogen-bond donors (Lipinski definition) is 1. The Kier molecular flexibility index (Phi) is 3.16. The van der Waals surface area contributed by atoms with Crippen molar-refractivity contribution in [3.63, 3.8) is 0 Å². The third kappa shape index (κ3) is 1.65. The van der Waals surface area contributed by atoms with Gasteiger partial charge in [0.05, 0.1) is 0 Å². The van der Waals surface area contributed by atoms with Gasteiger partial charge in [-0.3, -0.25) is 0 Å². The standard InChI is InChI=1S/C9H13NS.ClH/c1-6-5-7-8(10)3-2-4-9(7)11-6;/h5,8H,2-4,10H2,1H3;1H/t8-;/m1./s1. The molecule has 1 heterocycles. The summed E-state index contributed by atoms with van der Waals surface area (Å²) in [4.78, 5) is 3.04. The molecule has 0 amide bonds. The molecular weight excluding hydrogens is 190 g/mol. The minimum absolute atomic E-state index is 0. The predicted molar refractivity (Wildman–Crippen MR) is 47.6 cm³/mol. The van der Waals surface area contributed by atoms with Crippen molar-refractivity contribution in [3.8, 4) is 0 Å². The van der Waals surface area contributed by atoms with E-state index in [0.717, 1.165) is 0 Å². The van der Waals surface area contributed by atoms with Crippen LogP contribution in [0.2, 0.25) is 0 Å². The second-order valence-electron chi connectivity index (χ2n) is 3.32. The zero-order valence-electron chi connectivity index (χ0n) is 7.27. The van der Waals surface area contributed by atoms with E-state index >= 15 is 0 Å². The second kappa shape index (κ2) is 3.77. The number of aryl methyl sites for hydroxylation is 2. The Hall–Kier alpha value is -0.0500. The average Bonchev–Trinajstić information content (AvgIpc) is 2.31. The van der Waals surface area contributed by atoms with E-state index in [1.165, 1.54) is 29.7 Å². The zero-order chi connectivity index (χ0) is 7.84. The lowest BCUT2D eigenvalue weighted by atomic mass is 9.95. The van der Waals surface area contributed by atoms with Gasteiger partial charge >= 0.3 is 0 Å². The first-order valence-corrected chi connectivity index (χ1v) is 5.01. The van der Waals surface area contributed by atoms with E-state index < -0.39 is 0 Å². The van der Waals surface area contributed by atoms with Crippen molar-refractivity contribution in [1.29, 1.82) is 0 Å². The number of thiophene rings is 1. The van der Waals surface area contributed by atoms with Crippen LogP contribution in [0.3, 0.4) is 0 Å². The molecule has 3 heteroatoms. The van der Waals surface area contributed by atoms with Crippen molar-refractivity contribution in [2.45, 2.75) is 32.2 Å². The van der Waals surface area contributed by atoms with E-state index in [2.05, 4.69) is 18.7 Å². The molecule has 0 aromatic carbocycles. The quantitative estimate of drug-likeness (QED) is 0.542. The maximum Gasteiger partial charge on any atom is 0.111 e. The summed E-state index contributed by atoms with van der Waals surface area (Å²) >= 11 is 1.95. The first-order chi connectivity index (χ1) is 5.27. The summed E-state index contributed by atoms with van der Waals surface area (Å²) in [6, 6.07) is 2.89. The van der Waals surface area contributed by atoms with Crippen molar-refractivity contribution in [2.24, 2.45) is 0 Å². The fourth-order valence-corrected chi connectivity index (χ4v) is 2.95. The first kappa shape index (κ1) is 10.0. The molecule has 1 aliphatic carbocycles. The number of rotatable bonds is 0. The molecule has 0 bridgehead atoms. The lowest BCUT2D eigenvalue weighted by molar-refractivity contribution is -0.429. The molecule has 1 aliphatic rings. The number of hydrogen-bond acceptors (Lipinski definition) is 1. The molecule has 1 atom stereocenters. The summed E-state index contributed by atoms with van der Waals surface area (Å²) in [5.74, 6) is 0. The fraction of sp³-hybridized carbons (Fsp3) is 0.556. The van der Waals surface area contributed by atoms with Crippen LogP contribution in [0.5, 0.6) is 0 Å². The molecule has 1 aromatic heterocycles. The minimum atomic E-state index is 0. The highest BCUT2D eigenvalue weighted by Gasteiger charge is 2.21. The van der Waals surface area contributed by atoms with Crippen molar-refractivity contribution in [2.75, 3.05) is 0 Å². The van der Waals surface area contributed by atoms with E-state index in [0.29, 0.717) is 6.04 Å². The summed E-state index contributed by atoms with van der Waals surface area (Å²) in [6.07, 6.45) is 3.91. The van der Waals surface area contributed by atoms with Gasteiger partial charge in [-0.15, -0.1) is 11.3 Å². The van der Waals surface area contributed by atoms with Gasteiger partial charge in [-0.25, -0.2) is 0 Å². The Labute approximate surface area is 83.4 Å². The summed E-state index contributed by atoms with van der Waals surface area (Å²) in [5.41, 5.74) is 5.69. The Bertz CT molecular complexity index is 269. The smallest absolute Gasteiger partial charge is 0.111 e. The van der Waals surface area contributed by atoms with Crippen molar-refractivity contribution >= 4 is 11.3 Å². The van der Waals surface area contributed by atoms with Gasteiger partial charge in [0.15, 0.2) is 0 Å². The van der Waals surface area contributed by atoms with Gasteiger partial charge in [0.1, 0.15) is 6.04 Å². The molecule has 1 aromatic rings. The van der Waals surface area contributed by atoms with Gasteiger partial charge in [-0.2, -0.15) is 0 Å². The third-order valence-corrected chi connectivity index (χ3v) is 3.49. The monoisotopic (exact) mass is 203 g/mol. The third-order valence-electron chi connectivity index (χ3n) is 2.36. The van der Waals surface area contributed by atoms with Crippen LogP contribution in [-0.4, -0.2) is 0 Å². The molecule has 0 spiro atoms. The molecule has 2 rings (SSSR count). The highest BCUT2D eigenvalue weighted by atomic mass is 35.5. The van der Waals surface area contributed by atoms with Crippen LogP contribution in [0, 0.1) is 6.92 Å². The van der Waals surface area contributed by atoms with Gasteiger partial charge in [-0.1, -0.05) is 0 Å². The SMILES string of the molecule is Cc1cc2c(s1)CCC[C@H]2[NH3+].[Cl-]. The van der Waals surface area contributed by atoms with Gasteiger partial charge in [0.25, 0.3) is 0 Å². The molecule has 0 radical (unpaired) electrons. The van der Waals surface area contributed by atoms with E-state index in [1.807, 2.05) is 11.3 Å². The number of halogens is 1. The zero-order valence-corrected chi connectivity index (χ0v) is 8.84. The lowest BCUT2D eigenvalue weighted by Gasteiger charge is -2.14. The largest absolute Gasteiger partial charge is 1.00 e. The van der Waals surface area contributed by atoms with Gasteiger partial charge < -0.3 is 18.1 Å². The molecule has 0 unspecified atom stereocenters. The van der Waals surface area contributed by atoms with Crippen LogP contribution in [0.25, 0.3) is 0 Å². The number of quaternary nitrogens is 1. The average molecular weight is 204 g/mol. The molecule has 0 saturated heterocycles.